The molecule has 5 nitrogen and oxygen atoms in total. The molecular weight excluding hydrogens is 280 g/mol. The molecule has 0 aliphatic carbocycles. The molecule has 21 heavy (non-hydrogen) atoms. The molecule has 1 aromatic heterocycles. The third-order valence-electron chi connectivity index (χ3n) is 3.07. The van der Waals surface area contributed by atoms with Gasteiger partial charge in [-0.05, 0) is 19.1 Å². The highest BCUT2D eigenvalue weighted by atomic mass is 19.3. The van der Waals surface area contributed by atoms with Gasteiger partial charge in [-0.1, -0.05) is 11.6 Å². The number of phenolic OH excluding ortho intramolecular Hbond substituents is 1. The number of carbonyl (C=O) groups is 1. The Balaban J connectivity index is 2.20. The number of aromatic hydroxyl groups is 1. The zero-order valence-electron chi connectivity index (χ0n) is 11.6. The number of alkyl halides is 2. The van der Waals surface area contributed by atoms with Crippen molar-refractivity contribution >= 4 is 5.91 Å². The van der Waals surface area contributed by atoms with E-state index in [0.717, 1.165) is 11.8 Å². The number of nitrogens with zero attached hydrogens (tertiary/aromatic N) is 3. The van der Waals surface area contributed by atoms with Crippen LogP contribution in [0.2, 0.25) is 0 Å². The number of aryl methyl sites for hydroxylation is 1. The van der Waals surface area contributed by atoms with Gasteiger partial charge in [-0.15, -0.1) is 0 Å². The Bertz CT molecular complexity index is 655. The summed E-state index contributed by atoms with van der Waals surface area (Å²) in [5.74, 6) is -0.525. The van der Waals surface area contributed by atoms with E-state index in [4.69, 9.17) is 0 Å². The second-order valence-corrected chi connectivity index (χ2v) is 4.71. The summed E-state index contributed by atoms with van der Waals surface area (Å²) in [4.78, 5) is 17.3. The Labute approximate surface area is 120 Å². The standard InChI is InChI=1S/C14H15F2N3O2/c1-9-3-4-11(20)10(7-9)13(21)18(2)8-12-17-5-6-19(12)14(15)16/h3-7,14,20H,8H2,1-2H3. The SMILES string of the molecule is Cc1ccc(O)c(C(=O)N(C)Cc2nccn2C(F)F)c1. The van der Waals surface area contributed by atoms with Crippen LogP contribution in [0.4, 0.5) is 8.78 Å². The van der Waals surface area contributed by atoms with E-state index < -0.39 is 12.5 Å². The Morgan fingerprint density at radius 2 is 2.19 bits per heavy atom. The van der Waals surface area contributed by atoms with E-state index in [2.05, 4.69) is 4.98 Å². The lowest BCUT2D eigenvalue weighted by Gasteiger charge is -2.18. The third kappa shape index (κ3) is 3.18. The Kier molecular flexibility index (Phi) is 4.21. The van der Waals surface area contributed by atoms with Crippen LogP contribution in [0.1, 0.15) is 28.3 Å². The van der Waals surface area contributed by atoms with Crippen LogP contribution in [-0.2, 0) is 6.54 Å². The summed E-state index contributed by atoms with van der Waals surface area (Å²) in [5.41, 5.74) is 0.950. The first-order valence-corrected chi connectivity index (χ1v) is 6.25. The molecule has 0 spiro atoms. The van der Waals surface area contributed by atoms with Crippen LogP contribution in [-0.4, -0.2) is 32.5 Å². The lowest BCUT2D eigenvalue weighted by Crippen LogP contribution is -2.28. The van der Waals surface area contributed by atoms with Gasteiger partial charge < -0.3 is 10.0 Å². The molecule has 0 fully saturated rings. The lowest BCUT2D eigenvalue weighted by molar-refractivity contribution is 0.0611. The van der Waals surface area contributed by atoms with Crippen molar-refractivity contribution in [3.05, 3.63) is 47.5 Å². The van der Waals surface area contributed by atoms with Crippen LogP contribution >= 0.6 is 0 Å². The molecule has 1 N–H and O–H groups in total. The van der Waals surface area contributed by atoms with Crippen molar-refractivity contribution in [3.8, 4) is 5.75 Å². The largest absolute Gasteiger partial charge is 0.507 e. The first-order valence-electron chi connectivity index (χ1n) is 6.25. The fourth-order valence-corrected chi connectivity index (χ4v) is 1.95. The Hall–Kier alpha value is -2.44. The van der Waals surface area contributed by atoms with Crippen molar-refractivity contribution in [1.82, 2.24) is 14.5 Å². The van der Waals surface area contributed by atoms with E-state index in [-0.39, 0.29) is 23.7 Å². The maximum Gasteiger partial charge on any atom is 0.319 e. The summed E-state index contributed by atoms with van der Waals surface area (Å²) in [6.07, 6.45) is 2.41. The third-order valence-corrected chi connectivity index (χ3v) is 3.07. The maximum atomic E-state index is 12.7. The van der Waals surface area contributed by atoms with Gasteiger partial charge in [0.2, 0.25) is 0 Å². The van der Waals surface area contributed by atoms with Gasteiger partial charge >= 0.3 is 6.55 Å². The van der Waals surface area contributed by atoms with Gasteiger partial charge in [0.1, 0.15) is 11.6 Å². The Morgan fingerprint density at radius 3 is 2.86 bits per heavy atom. The van der Waals surface area contributed by atoms with Gasteiger partial charge in [-0.25, -0.2) is 4.98 Å². The quantitative estimate of drug-likeness (QED) is 0.943. The van der Waals surface area contributed by atoms with Crippen LogP contribution in [0.3, 0.4) is 0 Å². The molecular formula is C14H15F2N3O2. The van der Waals surface area contributed by atoms with Crippen LogP contribution in [0.15, 0.2) is 30.6 Å². The van der Waals surface area contributed by atoms with E-state index in [1.165, 1.54) is 24.2 Å². The number of rotatable bonds is 4. The van der Waals surface area contributed by atoms with Crippen LogP contribution < -0.4 is 0 Å². The number of hydrogen-bond acceptors (Lipinski definition) is 3. The monoisotopic (exact) mass is 295 g/mol. The minimum absolute atomic E-state index is 0.0768. The molecule has 2 rings (SSSR count). The molecule has 0 bridgehead atoms. The molecule has 0 atom stereocenters. The number of amides is 1. The van der Waals surface area contributed by atoms with Crippen molar-refractivity contribution in [2.45, 2.75) is 20.0 Å². The number of hydrogen-bond donors (Lipinski definition) is 1. The summed E-state index contributed by atoms with van der Waals surface area (Å²) >= 11 is 0. The number of imidazole rings is 1. The summed E-state index contributed by atoms with van der Waals surface area (Å²) in [6, 6.07) is 4.65. The number of carbonyl (C=O) groups excluding carboxylic acids is 1. The number of benzene rings is 1. The van der Waals surface area contributed by atoms with Gasteiger partial charge in [-0.2, -0.15) is 8.78 Å². The van der Waals surface area contributed by atoms with Gasteiger partial charge in [0.25, 0.3) is 5.91 Å². The Morgan fingerprint density at radius 1 is 1.48 bits per heavy atom. The van der Waals surface area contributed by atoms with Gasteiger partial charge in [0.05, 0.1) is 12.1 Å². The molecule has 0 aliphatic rings. The minimum Gasteiger partial charge on any atom is -0.507 e. The summed E-state index contributed by atoms with van der Waals surface area (Å²) < 4.78 is 26.2. The number of phenols is 1. The molecule has 0 saturated carbocycles. The zero-order valence-corrected chi connectivity index (χ0v) is 11.6. The predicted molar refractivity (Wildman–Crippen MR) is 72.1 cm³/mol. The van der Waals surface area contributed by atoms with Crippen LogP contribution in [0.5, 0.6) is 5.75 Å². The smallest absolute Gasteiger partial charge is 0.319 e. The van der Waals surface area contributed by atoms with Crippen molar-refractivity contribution < 1.29 is 18.7 Å². The molecule has 0 aliphatic heterocycles. The molecule has 7 heteroatoms. The van der Waals surface area contributed by atoms with E-state index in [1.807, 2.05) is 0 Å². The second-order valence-electron chi connectivity index (χ2n) is 4.71. The second kappa shape index (κ2) is 5.90. The zero-order chi connectivity index (χ0) is 15.6. The number of aromatic nitrogens is 2. The molecule has 1 heterocycles. The predicted octanol–water partition coefficient (Wildman–Crippen LogP) is 2.56. The highest BCUT2D eigenvalue weighted by Gasteiger charge is 2.19. The van der Waals surface area contributed by atoms with Gasteiger partial charge in [0, 0.05) is 19.4 Å². The first kappa shape index (κ1) is 15.0. The fourth-order valence-electron chi connectivity index (χ4n) is 1.95. The van der Waals surface area contributed by atoms with Crippen LogP contribution in [0.25, 0.3) is 0 Å². The van der Waals surface area contributed by atoms with E-state index in [1.54, 1.807) is 19.1 Å². The normalized spacial score (nSPS) is 10.9. The van der Waals surface area contributed by atoms with Crippen molar-refractivity contribution in [2.75, 3.05) is 7.05 Å². The topological polar surface area (TPSA) is 58.4 Å². The average molecular weight is 295 g/mol. The highest BCUT2D eigenvalue weighted by molar-refractivity contribution is 5.96. The minimum atomic E-state index is -2.71. The van der Waals surface area contributed by atoms with Crippen LogP contribution in [0, 0.1) is 6.92 Å². The first-order chi connectivity index (χ1) is 9.90. The summed E-state index contributed by atoms with van der Waals surface area (Å²) in [5, 5.41) is 9.73. The van der Waals surface area contributed by atoms with Gasteiger partial charge in [-0.3, -0.25) is 9.36 Å². The molecule has 112 valence electrons. The van der Waals surface area contributed by atoms with Crippen molar-refractivity contribution in [3.63, 3.8) is 0 Å². The summed E-state index contributed by atoms with van der Waals surface area (Å²) in [6.45, 7) is -0.998. The van der Waals surface area contributed by atoms with Crippen molar-refractivity contribution in [1.29, 1.82) is 0 Å². The average Bonchev–Trinajstić information content (AvgIpc) is 2.89. The van der Waals surface area contributed by atoms with Crippen molar-refractivity contribution in [2.24, 2.45) is 0 Å². The highest BCUT2D eigenvalue weighted by Crippen LogP contribution is 2.21. The maximum absolute atomic E-state index is 12.7. The molecule has 1 amide bonds. The van der Waals surface area contributed by atoms with E-state index in [0.29, 0.717) is 4.57 Å². The molecule has 0 unspecified atom stereocenters. The molecule has 0 saturated heterocycles. The lowest BCUT2D eigenvalue weighted by atomic mass is 10.1. The summed E-state index contributed by atoms with van der Waals surface area (Å²) in [7, 11) is 1.47. The molecule has 0 radical (unpaired) electrons. The fraction of sp³-hybridized carbons (Fsp3) is 0.286. The number of halogens is 2. The van der Waals surface area contributed by atoms with E-state index in [9.17, 15) is 18.7 Å². The van der Waals surface area contributed by atoms with E-state index >= 15 is 0 Å². The van der Waals surface area contributed by atoms with Gasteiger partial charge in [0.15, 0.2) is 0 Å². The molecule has 1 aromatic carbocycles. The molecule has 2 aromatic rings.